The average Bonchev–Trinajstić information content (AvgIpc) is 1.51. The van der Waals surface area contributed by atoms with E-state index in [4.69, 9.17) is 71.8 Å². The lowest BCUT2D eigenvalue weighted by Gasteiger charge is -2.50. The van der Waals surface area contributed by atoms with Crippen LogP contribution in [0.25, 0.3) is 10.9 Å². The van der Waals surface area contributed by atoms with Crippen LogP contribution in [-0.2, 0) is 76.0 Å². The first-order chi connectivity index (χ1) is 66.2. The number of fused-ring (bicyclic) bond motifs is 1. The number of hydrogen-bond donors (Lipinski definition) is 15. The molecule has 10 rings (SSSR count). The Kier molecular flexibility index (Phi) is 46.9. The highest BCUT2D eigenvalue weighted by Gasteiger charge is 2.58. The van der Waals surface area contributed by atoms with E-state index >= 15 is 0 Å². The molecule has 8 fully saturated rings. The fourth-order valence-corrected chi connectivity index (χ4v) is 21.9. The molecule has 8 aliphatic rings. The Morgan fingerprint density at radius 1 is 0.577 bits per heavy atom. The van der Waals surface area contributed by atoms with E-state index in [1.807, 2.05) is 108 Å². The van der Waals surface area contributed by atoms with Crippen LogP contribution in [0.4, 0.5) is 10.1 Å². The van der Waals surface area contributed by atoms with Crippen LogP contribution in [0.1, 0.15) is 246 Å². The SMILES string of the molecule is CCC(CO)NCCNC(CC)CO.CC[C@H]1OC(=O)[C@H](C)[C@@H](O[C@H]2C[C@@](C)(OC)[C@@H](O)[C@H](C)O2)[C@H](C)[C@@H](O[C@@H]2O[C@H](C)C[C@H](N(C)C)[C@H]2O)[C@](C)(O)C[C@@H](C)CN(C)[C@H](C)[C@@H](O)[C@]1(C)O.CC[C@H]1OC(=O)[C@H](C)[C@@H](O[C@H]2C[C@@](C)(OC)[C@@H](O)[C@H](C)O2)[C@H](C)[C@@H](O[C@@H]2O[C@H](C)C[C@H](N(C)C)[C@H]2O)[C@](C)(OC)C[C@@H](C)C(=O)[C@H](C)[C@@H](O)[C@]1(C)O.O=C(O)c1cn(C2CC2)c2cc(N3CCNCC3)c(F)cc2c1=O. The van der Waals surface area contributed by atoms with Crippen LogP contribution in [0, 0.1) is 47.2 Å². The van der Waals surface area contributed by atoms with Gasteiger partial charge in [-0.05, 0) is 208 Å². The van der Waals surface area contributed by atoms with Crippen molar-refractivity contribution in [3.05, 3.63) is 39.9 Å². The predicted molar refractivity (Wildman–Crippen MR) is 532 cm³/mol. The van der Waals surface area contributed by atoms with E-state index < -0.39 is 215 Å². The summed E-state index contributed by atoms with van der Waals surface area (Å²) in [6, 6.07) is 2.39. The Balaban J connectivity index is 0.000000283. The minimum Gasteiger partial charge on any atom is -0.477 e. The number of anilines is 1. The molecule has 1 aromatic heterocycles. The first-order valence-electron chi connectivity index (χ1n) is 51.6. The van der Waals surface area contributed by atoms with Crippen molar-refractivity contribution in [2.24, 2.45) is 41.4 Å². The van der Waals surface area contributed by atoms with Crippen LogP contribution in [0.2, 0.25) is 0 Å². The number of carboxylic acids is 1. The molecule has 0 amide bonds. The summed E-state index contributed by atoms with van der Waals surface area (Å²) in [4.78, 5) is 73.8. The second-order valence-corrected chi connectivity index (χ2v) is 43.7. The Morgan fingerprint density at radius 3 is 1.41 bits per heavy atom. The van der Waals surface area contributed by atoms with Crippen molar-refractivity contribution >= 4 is 40.3 Å². The number of likely N-dealkylation sites (N-methyl/N-ethyl adjacent to an activating group) is 3. The number of nitrogens with one attached hydrogen (secondary N) is 3. The Hall–Kier alpha value is -4.88. The molecule has 0 bridgehead atoms. The van der Waals surface area contributed by atoms with Gasteiger partial charge in [0, 0.05) is 151 Å². The zero-order chi connectivity index (χ0) is 107. The van der Waals surface area contributed by atoms with E-state index in [-0.39, 0.29) is 117 Å². The topological polar surface area (TPSA) is 502 Å². The smallest absolute Gasteiger partial charge is 0.341 e. The maximum Gasteiger partial charge on any atom is 0.341 e. The number of carboxylic acid groups (broad SMARTS) is 1. The molecule has 39 heteroatoms. The summed E-state index contributed by atoms with van der Waals surface area (Å²) in [5.41, 5.74) is -8.46. The second kappa shape index (κ2) is 53.7. The first-order valence-corrected chi connectivity index (χ1v) is 51.6. The van der Waals surface area contributed by atoms with Crippen LogP contribution in [0.3, 0.4) is 0 Å². The van der Waals surface area contributed by atoms with E-state index in [1.54, 1.807) is 96.1 Å². The molecule has 1 saturated carbocycles. The molecule has 2 aromatic rings. The number of ether oxygens (including phenoxy) is 13. The van der Waals surface area contributed by atoms with Gasteiger partial charge in [0.1, 0.15) is 71.1 Å². The number of pyridine rings is 1. The van der Waals surface area contributed by atoms with Gasteiger partial charge in [0.25, 0.3) is 0 Å². The maximum absolute atomic E-state index is 14.6. The number of Topliss-reactive ketones (excluding diaryl/α,β-unsaturated/α-hetero) is 1. The molecular weight excluding hydrogens is 1850 g/mol. The van der Waals surface area contributed by atoms with Crippen LogP contribution < -0.4 is 26.3 Å². The zero-order valence-corrected chi connectivity index (χ0v) is 90.5. The first kappa shape index (κ1) is 124. The van der Waals surface area contributed by atoms with Gasteiger partial charge in [-0.3, -0.25) is 19.2 Å². The number of aromatic nitrogens is 1. The largest absolute Gasteiger partial charge is 0.477 e. The average molecular weight is 2030 g/mol. The van der Waals surface area contributed by atoms with Crippen LogP contribution in [0.15, 0.2) is 23.1 Å². The summed E-state index contributed by atoms with van der Waals surface area (Å²) >= 11 is 0. The summed E-state index contributed by atoms with van der Waals surface area (Å²) in [5, 5.41) is 141. The minimum atomic E-state index is -1.96. The van der Waals surface area contributed by atoms with E-state index in [9.17, 15) is 79.4 Å². The molecule has 38 atom stereocenters. The summed E-state index contributed by atoms with van der Waals surface area (Å²) in [6.45, 7) is 44.2. The third kappa shape index (κ3) is 30.5. The molecule has 15 N–H and O–H groups in total. The van der Waals surface area contributed by atoms with Crippen molar-refractivity contribution in [3.8, 4) is 0 Å². The third-order valence-corrected chi connectivity index (χ3v) is 31.6. The Bertz CT molecular complexity index is 4270. The molecule has 0 spiro atoms. The molecule has 0 radical (unpaired) electrons. The van der Waals surface area contributed by atoms with Gasteiger partial charge in [-0.1, -0.05) is 62.3 Å². The number of piperazine rings is 1. The molecule has 1 aliphatic carbocycles. The van der Waals surface area contributed by atoms with Crippen LogP contribution in [-0.4, -0.2) is 406 Å². The quantitative estimate of drug-likeness (QED) is 0.0380. The van der Waals surface area contributed by atoms with E-state index in [1.165, 1.54) is 47.4 Å². The number of cyclic esters (lactones) is 2. The molecule has 1 aromatic carbocycles. The van der Waals surface area contributed by atoms with Gasteiger partial charge in [-0.25, -0.2) is 9.18 Å². The normalized spacial score (nSPS) is 40.7. The highest BCUT2D eigenvalue weighted by molar-refractivity contribution is 5.93. The molecular formula is C103H183FN8O30. The predicted octanol–water partition coefficient (Wildman–Crippen LogP) is 5.63. The Morgan fingerprint density at radius 2 is 1.01 bits per heavy atom. The van der Waals surface area contributed by atoms with Crippen LogP contribution >= 0.6 is 0 Å². The molecule has 822 valence electrons. The zero-order valence-electron chi connectivity index (χ0n) is 90.5. The fraction of sp³-hybridized carbons (Fsp3) is 0.874. The highest BCUT2D eigenvalue weighted by atomic mass is 19.1. The van der Waals surface area contributed by atoms with Gasteiger partial charge < -0.3 is 163 Å². The van der Waals surface area contributed by atoms with E-state index in [2.05, 4.69) is 16.0 Å². The number of aliphatic hydroxyl groups is 11. The second-order valence-electron chi connectivity index (χ2n) is 43.7. The van der Waals surface area contributed by atoms with Crippen molar-refractivity contribution in [1.29, 1.82) is 0 Å². The monoisotopic (exact) mass is 2030 g/mol. The third-order valence-electron chi connectivity index (χ3n) is 31.6. The number of carbonyl (C=O) groups is 4. The van der Waals surface area contributed by atoms with Gasteiger partial charge in [-0.2, -0.15) is 0 Å². The minimum absolute atomic E-state index is 0.111. The number of aromatic carboxylic acids is 1. The number of methoxy groups -OCH3 is 3. The molecule has 142 heavy (non-hydrogen) atoms. The number of ketones is 1. The molecule has 7 saturated heterocycles. The summed E-state index contributed by atoms with van der Waals surface area (Å²) < 4.78 is 97.8. The number of benzene rings is 1. The maximum atomic E-state index is 14.6. The Labute approximate surface area is 841 Å². The summed E-state index contributed by atoms with van der Waals surface area (Å²) in [7, 11) is 13.9. The number of halogens is 1. The number of rotatable bonds is 27. The van der Waals surface area contributed by atoms with Gasteiger partial charge >= 0.3 is 17.9 Å². The van der Waals surface area contributed by atoms with Crippen molar-refractivity contribution in [3.63, 3.8) is 0 Å². The number of carbonyl (C=O) groups excluding carboxylic acids is 3. The van der Waals surface area contributed by atoms with E-state index in [0.717, 1.165) is 51.9 Å². The van der Waals surface area contributed by atoms with Gasteiger partial charge in [0.05, 0.1) is 114 Å². The number of nitrogens with zero attached hydrogens (tertiary/aromatic N) is 5. The van der Waals surface area contributed by atoms with Gasteiger partial charge in [-0.15, -0.1) is 0 Å². The van der Waals surface area contributed by atoms with Gasteiger partial charge in [0.15, 0.2) is 25.2 Å². The standard InChI is InChI=1S/C38H72N2O12.C38H69NO13.C17H18FN3O3.C10H24N2O2/c1-15-27-38(10,46)31(42)24(6)40(13)19-20(2)17-36(8,45)33(52-35-29(41)26(39(11)12)16-21(3)48-35)22(4)30(23(5)34(44)50-27)51-28-18-37(9,47-14)32(43)25(7)49-28;1-15-26-38(10,45)31(42)21(4)28(40)19(2)17-37(9,47-14)33(52-35-29(41)25(39(11)12)16-20(3)48-35)22(5)30(23(6)34(44)50-26)51-27-18-36(8,46-13)32(43)24(7)49-27;18-13-7-11-14(8-15(13)20-5-3-19-4-6-20)21(10-1-2-10)9-12(16(11)22)17(23)24;1-3-9(7-13)11-5-6-12-10(4-2)8-14/h20-33,35,41-43,45-46H,15-19H2,1-14H3;19-27,29-33,35,41-43,45H,15-18H2,1-14H3;7-10,19H,1-6H2,(H,23,24);9-14H,3-8H2,1-2H3/t20-,21-,22+,23-,24-,25+,26+,27-,28+,29-,30+,31-,32+,33-,35+,36-,37-,38-;19-,20-,21+,22+,23-,24+,25+,26-,27+,29-,30+,31-,32+,33-,35+,36-,37-,38-;;/m11../s1. The van der Waals surface area contributed by atoms with Crippen molar-refractivity contribution in [2.75, 3.05) is 120 Å². The summed E-state index contributed by atoms with van der Waals surface area (Å²) in [6.07, 6.45) is -11.8. The molecule has 2 unspecified atom stereocenters. The fourth-order valence-electron chi connectivity index (χ4n) is 21.9. The molecule has 38 nitrogen and oxygen atoms in total. The lowest BCUT2D eigenvalue weighted by Crippen LogP contribution is -2.61. The van der Waals surface area contributed by atoms with Crippen molar-refractivity contribution in [1.82, 2.24) is 35.2 Å². The van der Waals surface area contributed by atoms with E-state index in [0.29, 0.717) is 43.7 Å². The number of hydrogen-bond acceptors (Lipinski definition) is 36. The number of esters is 2. The van der Waals surface area contributed by atoms with Gasteiger partial charge in [0.2, 0.25) is 5.43 Å². The van der Waals surface area contributed by atoms with Crippen molar-refractivity contribution in [2.45, 2.75) is 422 Å². The number of aliphatic hydroxyl groups excluding tert-OH is 8. The molecule has 7 aliphatic heterocycles. The lowest BCUT2D eigenvalue weighted by molar-refractivity contribution is -0.319. The van der Waals surface area contributed by atoms with Crippen molar-refractivity contribution < 1.29 is 146 Å². The lowest BCUT2D eigenvalue weighted by atomic mass is 9.74. The summed E-state index contributed by atoms with van der Waals surface area (Å²) in [5.74, 6) is -8.81. The highest BCUT2D eigenvalue weighted by Crippen LogP contribution is 2.46. The molecule has 8 heterocycles. The van der Waals surface area contributed by atoms with Crippen LogP contribution in [0.5, 0.6) is 0 Å².